The Morgan fingerprint density at radius 2 is 1.92 bits per heavy atom. The van der Waals surface area contributed by atoms with Gasteiger partial charge in [-0.1, -0.05) is 52.6 Å². The van der Waals surface area contributed by atoms with Gasteiger partial charge in [0.15, 0.2) is 0 Å². The Labute approximate surface area is 160 Å². The van der Waals surface area contributed by atoms with E-state index in [2.05, 4.69) is 43.7 Å². The number of para-hydroxylation sites is 1. The summed E-state index contributed by atoms with van der Waals surface area (Å²) in [6, 6.07) is 13.9. The zero-order valence-electron chi connectivity index (χ0n) is 14.0. The second kappa shape index (κ2) is 6.97. The van der Waals surface area contributed by atoms with Crippen LogP contribution in [0.15, 0.2) is 48.7 Å². The maximum atomic E-state index is 6.35. The molecule has 4 aromatic rings. The van der Waals surface area contributed by atoms with Crippen LogP contribution in [-0.2, 0) is 20.1 Å². The molecule has 0 fully saturated rings. The molecule has 1 N–H and O–H groups in total. The first-order chi connectivity index (χ1) is 12.6. The Bertz CT molecular complexity index is 1070. The van der Waals surface area contributed by atoms with Crippen molar-refractivity contribution in [1.29, 1.82) is 0 Å². The lowest BCUT2D eigenvalue weighted by atomic mass is 10.2. The highest BCUT2D eigenvalue weighted by molar-refractivity contribution is 6.35. The van der Waals surface area contributed by atoms with Crippen LogP contribution in [0.25, 0.3) is 10.9 Å². The van der Waals surface area contributed by atoms with E-state index < -0.39 is 0 Å². The van der Waals surface area contributed by atoms with Gasteiger partial charge in [0, 0.05) is 47.3 Å². The van der Waals surface area contributed by atoms with E-state index >= 15 is 0 Å². The number of aromatic nitrogens is 5. The van der Waals surface area contributed by atoms with E-state index in [0.29, 0.717) is 29.1 Å². The normalized spacial score (nSPS) is 11.2. The summed E-state index contributed by atoms with van der Waals surface area (Å²) in [6.07, 6.45) is 2.13. The molecule has 2 heterocycles. The fraction of sp³-hybridized carbons (Fsp3) is 0.167. The molecule has 2 aromatic carbocycles. The average Bonchev–Trinajstić information content (AvgIpc) is 3.19. The Balaban J connectivity index is 1.66. The van der Waals surface area contributed by atoms with Gasteiger partial charge in [0.05, 0.1) is 0 Å². The second-order valence-corrected chi connectivity index (χ2v) is 6.86. The fourth-order valence-electron chi connectivity index (χ4n) is 2.98. The smallest absolute Gasteiger partial charge is 0.242 e. The molecule has 8 heteroatoms. The zero-order chi connectivity index (χ0) is 18.1. The van der Waals surface area contributed by atoms with E-state index in [4.69, 9.17) is 23.2 Å². The molecular formula is C18H16Cl2N6. The van der Waals surface area contributed by atoms with Gasteiger partial charge in [0.2, 0.25) is 5.95 Å². The summed E-state index contributed by atoms with van der Waals surface area (Å²) in [5.41, 5.74) is 3.33. The minimum Gasteiger partial charge on any atom is -0.349 e. The molecule has 0 saturated heterocycles. The number of tetrazole rings is 1. The van der Waals surface area contributed by atoms with Crippen LogP contribution in [0.3, 0.4) is 0 Å². The van der Waals surface area contributed by atoms with Crippen molar-refractivity contribution in [3.8, 4) is 0 Å². The molecule has 0 unspecified atom stereocenters. The van der Waals surface area contributed by atoms with Gasteiger partial charge in [-0.25, -0.2) is 4.68 Å². The van der Waals surface area contributed by atoms with Crippen molar-refractivity contribution in [2.24, 2.45) is 7.05 Å². The maximum Gasteiger partial charge on any atom is 0.242 e. The summed E-state index contributed by atoms with van der Waals surface area (Å²) >= 11 is 12.4. The monoisotopic (exact) mass is 386 g/mol. The second-order valence-electron chi connectivity index (χ2n) is 6.01. The molecule has 0 aliphatic carbocycles. The molecule has 0 radical (unpaired) electrons. The first-order valence-electron chi connectivity index (χ1n) is 8.09. The summed E-state index contributed by atoms with van der Waals surface area (Å²) in [7, 11) is 1.80. The minimum atomic E-state index is 0.621. The molecule has 0 saturated carbocycles. The first-order valence-corrected chi connectivity index (χ1v) is 8.84. The number of anilines is 1. The fourth-order valence-corrected chi connectivity index (χ4v) is 3.45. The number of hydrogen-bond donors (Lipinski definition) is 1. The number of hydrogen-bond acceptors (Lipinski definition) is 4. The summed E-state index contributed by atoms with van der Waals surface area (Å²) in [5, 5.41) is 17.2. The highest BCUT2D eigenvalue weighted by atomic mass is 35.5. The minimum absolute atomic E-state index is 0.621. The number of benzene rings is 2. The molecular weight excluding hydrogens is 371 g/mol. The summed E-state index contributed by atoms with van der Waals surface area (Å²) in [5.74, 6) is 0.627. The Kier molecular flexibility index (Phi) is 4.53. The third-order valence-electron chi connectivity index (χ3n) is 4.28. The van der Waals surface area contributed by atoms with Crippen molar-refractivity contribution in [3.63, 3.8) is 0 Å². The van der Waals surface area contributed by atoms with E-state index in [9.17, 15) is 0 Å². The van der Waals surface area contributed by atoms with E-state index in [1.807, 2.05) is 24.3 Å². The summed E-state index contributed by atoms with van der Waals surface area (Å²) < 4.78 is 3.79. The Morgan fingerprint density at radius 1 is 1.08 bits per heavy atom. The number of halogens is 2. The van der Waals surface area contributed by atoms with Gasteiger partial charge in [-0.15, -0.1) is 0 Å². The van der Waals surface area contributed by atoms with Crippen LogP contribution in [0, 0.1) is 0 Å². The third-order valence-corrected chi connectivity index (χ3v) is 4.87. The van der Waals surface area contributed by atoms with Gasteiger partial charge < -0.3 is 9.88 Å². The molecule has 0 aliphatic heterocycles. The number of rotatable bonds is 5. The van der Waals surface area contributed by atoms with Crippen molar-refractivity contribution >= 4 is 40.1 Å². The van der Waals surface area contributed by atoms with Crippen molar-refractivity contribution in [3.05, 3.63) is 69.8 Å². The van der Waals surface area contributed by atoms with E-state index in [-0.39, 0.29) is 0 Å². The van der Waals surface area contributed by atoms with Gasteiger partial charge in [-0.2, -0.15) is 0 Å². The van der Waals surface area contributed by atoms with E-state index in [0.717, 1.165) is 16.6 Å². The van der Waals surface area contributed by atoms with Crippen LogP contribution >= 0.6 is 23.2 Å². The van der Waals surface area contributed by atoms with Gasteiger partial charge >= 0.3 is 0 Å². The summed E-state index contributed by atoms with van der Waals surface area (Å²) in [4.78, 5) is 0. The molecule has 0 aliphatic rings. The predicted octanol–water partition coefficient (Wildman–Crippen LogP) is 4.13. The zero-order valence-corrected chi connectivity index (χ0v) is 15.5. The van der Waals surface area contributed by atoms with Gasteiger partial charge in [0.25, 0.3) is 0 Å². The molecule has 2 aromatic heterocycles. The lowest BCUT2D eigenvalue weighted by Gasteiger charge is -2.08. The molecule has 0 atom stereocenters. The van der Waals surface area contributed by atoms with Crippen LogP contribution < -0.4 is 5.32 Å². The van der Waals surface area contributed by atoms with Crippen molar-refractivity contribution in [1.82, 2.24) is 24.8 Å². The number of nitrogens with zero attached hydrogens (tertiary/aromatic N) is 5. The van der Waals surface area contributed by atoms with E-state index in [1.165, 1.54) is 5.39 Å². The highest BCUT2D eigenvalue weighted by Gasteiger charge is 2.11. The molecule has 0 amide bonds. The van der Waals surface area contributed by atoms with Crippen molar-refractivity contribution in [2.45, 2.75) is 13.1 Å². The largest absolute Gasteiger partial charge is 0.349 e. The molecule has 132 valence electrons. The molecule has 6 nitrogen and oxygen atoms in total. The number of aryl methyl sites for hydroxylation is 1. The maximum absolute atomic E-state index is 6.35. The SMILES string of the molecule is Cn1nnnc1NCc1cn(Cc2ccc(Cl)cc2Cl)c2ccccc12. The van der Waals surface area contributed by atoms with Crippen LogP contribution in [0.4, 0.5) is 5.95 Å². The van der Waals surface area contributed by atoms with Gasteiger partial charge in [-0.05, 0) is 39.8 Å². The molecule has 0 spiro atoms. The predicted molar refractivity (Wildman–Crippen MR) is 104 cm³/mol. The number of nitrogens with one attached hydrogen (secondary N) is 1. The van der Waals surface area contributed by atoms with Crippen LogP contribution in [-0.4, -0.2) is 24.8 Å². The molecule has 26 heavy (non-hydrogen) atoms. The highest BCUT2D eigenvalue weighted by Crippen LogP contribution is 2.26. The standard InChI is InChI=1S/C18H16Cl2N6/c1-25-18(22-23-24-25)21-9-13-11-26(17-5-3-2-4-15(13)17)10-12-6-7-14(19)8-16(12)20/h2-8,11H,9-10H2,1H3,(H,21,22,24). The van der Waals surface area contributed by atoms with Crippen LogP contribution in [0.1, 0.15) is 11.1 Å². The summed E-state index contributed by atoms with van der Waals surface area (Å²) in [6.45, 7) is 1.29. The Hall–Kier alpha value is -2.57. The van der Waals surface area contributed by atoms with Crippen LogP contribution in [0.5, 0.6) is 0 Å². The van der Waals surface area contributed by atoms with Gasteiger partial charge in [-0.3, -0.25) is 0 Å². The van der Waals surface area contributed by atoms with Gasteiger partial charge in [0.1, 0.15) is 0 Å². The van der Waals surface area contributed by atoms with E-state index in [1.54, 1.807) is 17.8 Å². The lowest BCUT2D eigenvalue weighted by molar-refractivity contribution is 0.712. The quantitative estimate of drug-likeness (QED) is 0.559. The lowest BCUT2D eigenvalue weighted by Crippen LogP contribution is -2.05. The third kappa shape index (κ3) is 3.25. The average molecular weight is 387 g/mol. The van der Waals surface area contributed by atoms with Crippen molar-refractivity contribution < 1.29 is 0 Å². The first kappa shape index (κ1) is 16.9. The van der Waals surface area contributed by atoms with Crippen LogP contribution in [0.2, 0.25) is 10.0 Å². The number of fused-ring (bicyclic) bond motifs is 1. The topological polar surface area (TPSA) is 60.6 Å². The molecule has 4 rings (SSSR count). The molecule has 0 bridgehead atoms. The Morgan fingerprint density at radius 3 is 2.69 bits per heavy atom. The van der Waals surface area contributed by atoms with Crippen molar-refractivity contribution in [2.75, 3.05) is 5.32 Å².